The first kappa shape index (κ1) is 12.1. The number of carbonyl (C=O) groups is 1. The van der Waals surface area contributed by atoms with Gasteiger partial charge in [-0.2, -0.15) is 0 Å². The highest BCUT2D eigenvalue weighted by molar-refractivity contribution is 9.10. The molecule has 1 aliphatic heterocycles. The molecule has 0 spiro atoms. The number of benzene rings is 1. The quantitative estimate of drug-likeness (QED) is 0.746. The Bertz CT molecular complexity index is 656. The van der Waals surface area contributed by atoms with Gasteiger partial charge in [-0.25, -0.2) is 4.99 Å². The van der Waals surface area contributed by atoms with Crippen LogP contribution in [0.5, 0.6) is 0 Å². The molecule has 0 saturated heterocycles. The van der Waals surface area contributed by atoms with Crippen molar-refractivity contribution in [3.8, 4) is 0 Å². The minimum absolute atomic E-state index is 0.263. The molecule has 1 aromatic carbocycles. The van der Waals surface area contributed by atoms with Gasteiger partial charge < -0.3 is 4.74 Å². The molecule has 1 heterocycles. The average Bonchev–Trinajstić information content (AvgIpc) is 2.40. The van der Waals surface area contributed by atoms with Crippen molar-refractivity contribution < 1.29 is 9.53 Å². The van der Waals surface area contributed by atoms with Crippen molar-refractivity contribution >= 4 is 33.6 Å². The molecule has 1 aromatic rings. The summed E-state index contributed by atoms with van der Waals surface area (Å²) in [5.41, 5.74) is 1.55. The largest absolute Gasteiger partial charge is 0.474 e. The highest BCUT2D eigenvalue weighted by atomic mass is 79.9. The molecule has 1 atom stereocenters. The van der Waals surface area contributed by atoms with Crippen LogP contribution in [0.4, 0.5) is 0 Å². The highest BCUT2D eigenvalue weighted by Crippen LogP contribution is 2.21. The van der Waals surface area contributed by atoms with Gasteiger partial charge >= 0.3 is 5.91 Å². The number of halogens is 1. The van der Waals surface area contributed by atoms with E-state index in [0.29, 0.717) is 5.71 Å². The van der Waals surface area contributed by atoms with Gasteiger partial charge in [-0.3, -0.25) is 4.79 Å². The number of allylic oxidation sites excluding steroid dienone is 2. The van der Waals surface area contributed by atoms with Gasteiger partial charge in [0.05, 0.1) is 5.71 Å². The number of hydrogen-bond acceptors (Lipinski definition) is 2. The van der Waals surface area contributed by atoms with E-state index in [9.17, 15) is 4.79 Å². The molecule has 3 nitrogen and oxygen atoms in total. The lowest BCUT2D eigenvalue weighted by atomic mass is 10.1. The first-order valence-corrected chi connectivity index (χ1v) is 6.63. The van der Waals surface area contributed by atoms with Crippen molar-refractivity contribution in [2.24, 2.45) is 4.99 Å². The number of nitrogens with zero attached hydrogens (tertiary/aromatic N) is 1. The number of fused-ring (bicyclic) bond motifs is 1. The highest BCUT2D eigenvalue weighted by Gasteiger charge is 2.26. The fourth-order valence-electron chi connectivity index (χ4n) is 1.92. The van der Waals surface area contributed by atoms with Crippen LogP contribution in [0.2, 0.25) is 0 Å². The summed E-state index contributed by atoms with van der Waals surface area (Å²) in [5.74, 6) is -0.0713. The normalized spacial score (nSPS) is 23.0. The van der Waals surface area contributed by atoms with Crippen molar-refractivity contribution in [1.82, 2.24) is 0 Å². The number of amides is 1. The Morgan fingerprint density at radius 1 is 1.32 bits per heavy atom. The van der Waals surface area contributed by atoms with Crippen molar-refractivity contribution in [3.63, 3.8) is 0 Å². The van der Waals surface area contributed by atoms with E-state index in [2.05, 4.69) is 20.9 Å². The SMILES string of the molecule is O=C1N=C2C=CC=CC2O/C1=C/c1cccc(Br)c1. The Morgan fingerprint density at radius 3 is 3.05 bits per heavy atom. The van der Waals surface area contributed by atoms with Gasteiger partial charge in [-0.15, -0.1) is 0 Å². The monoisotopic (exact) mass is 315 g/mol. The summed E-state index contributed by atoms with van der Waals surface area (Å²) >= 11 is 3.39. The molecule has 0 bridgehead atoms. The Balaban J connectivity index is 1.94. The second kappa shape index (κ2) is 4.97. The maximum Gasteiger partial charge on any atom is 0.312 e. The molecule has 2 aliphatic rings. The lowest BCUT2D eigenvalue weighted by molar-refractivity contribution is -0.118. The van der Waals surface area contributed by atoms with Gasteiger partial charge in [-0.1, -0.05) is 40.2 Å². The first-order valence-electron chi connectivity index (χ1n) is 5.84. The van der Waals surface area contributed by atoms with Crippen molar-refractivity contribution in [2.75, 3.05) is 0 Å². The van der Waals surface area contributed by atoms with Gasteiger partial charge in [0, 0.05) is 4.47 Å². The summed E-state index contributed by atoms with van der Waals surface area (Å²) in [4.78, 5) is 15.9. The van der Waals surface area contributed by atoms with Crippen molar-refractivity contribution in [3.05, 3.63) is 64.4 Å². The van der Waals surface area contributed by atoms with Crippen LogP contribution in [0.25, 0.3) is 6.08 Å². The number of aliphatic imine (C=N–C) groups is 1. The zero-order valence-electron chi connectivity index (χ0n) is 9.92. The summed E-state index contributed by atoms with van der Waals surface area (Å²) in [6, 6.07) is 7.65. The Morgan fingerprint density at radius 2 is 2.21 bits per heavy atom. The van der Waals surface area contributed by atoms with E-state index in [-0.39, 0.29) is 17.8 Å². The molecule has 0 radical (unpaired) electrons. The second-order valence-electron chi connectivity index (χ2n) is 4.19. The molecule has 0 N–H and O–H groups in total. The lowest BCUT2D eigenvalue weighted by Gasteiger charge is -2.22. The summed E-state index contributed by atoms with van der Waals surface area (Å²) < 4.78 is 6.63. The van der Waals surface area contributed by atoms with Crippen molar-refractivity contribution in [1.29, 1.82) is 0 Å². The third-order valence-electron chi connectivity index (χ3n) is 2.80. The van der Waals surface area contributed by atoms with Crippen molar-refractivity contribution in [2.45, 2.75) is 6.10 Å². The molecule has 19 heavy (non-hydrogen) atoms. The van der Waals surface area contributed by atoms with E-state index in [1.807, 2.05) is 42.5 Å². The zero-order valence-corrected chi connectivity index (χ0v) is 11.5. The Hall–Kier alpha value is -1.94. The predicted molar refractivity (Wildman–Crippen MR) is 77.7 cm³/mol. The van der Waals surface area contributed by atoms with E-state index in [1.54, 1.807) is 12.2 Å². The van der Waals surface area contributed by atoms with E-state index >= 15 is 0 Å². The molecule has 3 rings (SSSR count). The Labute approximate surface area is 119 Å². The molecule has 1 amide bonds. The topological polar surface area (TPSA) is 38.7 Å². The average molecular weight is 316 g/mol. The van der Waals surface area contributed by atoms with Gasteiger partial charge in [0.25, 0.3) is 0 Å². The van der Waals surface area contributed by atoms with Crippen LogP contribution < -0.4 is 0 Å². The van der Waals surface area contributed by atoms with Gasteiger partial charge in [-0.05, 0) is 35.9 Å². The standard InChI is InChI=1S/C15H10BrNO2/c16-11-5-3-4-10(8-11)9-14-15(18)17-12-6-1-2-7-13(12)19-14/h1-9,13H/b14-9+. The molecule has 1 aliphatic carbocycles. The second-order valence-corrected chi connectivity index (χ2v) is 5.10. The minimum Gasteiger partial charge on any atom is -0.474 e. The van der Waals surface area contributed by atoms with Crippen LogP contribution in [0.3, 0.4) is 0 Å². The molecule has 0 fully saturated rings. The number of hydrogen-bond donors (Lipinski definition) is 0. The van der Waals surface area contributed by atoms with Crippen LogP contribution >= 0.6 is 15.9 Å². The van der Waals surface area contributed by atoms with Gasteiger partial charge in [0.2, 0.25) is 0 Å². The van der Waals surface area contributed by atoms with E-state index in [4.69, 9.17) is 4.74 Å². The zero-order chi connectivity index (χ0) is 13.2. The molecule has 94 valence electrons. The van der Waals surface area contributed by atoms with E-state index < -0.39 is 0 Å². The fourth-order valence-corrected chi connectivity index (χ4v) is 2.33. The molecule has 1 unspecified atom stereocenters. The lowest BCUT2D eigenvalue weighted by Crippen LogP contribution is -2.29. The molecular weight excluding hydrogens is 306 g/mol. The smallest absolute Gasteiger partial charge is 0.312 e. The molecule has 0 aromatic heterocycles. The van der Waals surface area contributed by atoms with Crippen LogP contribution in [0.15, 0.2) is 63.8 Å². The maximum atomic E-state index is 11.9. The summed E-state index contributed by atoms with van der Waals surface area (Å²) in [5, 5.41) is 0. The number of carbonyl (C=O) groups excluding carboxylic acids is 1. The molecular formula is C15H10BrNO2. The van der Waals surface area contributed by atoms with Crippen LogP contribution in [0, 0.1) is 0 Å². The van der Waals surface area contributed by atoms with E-state index in [1.165, 1.54) is 0 Å². The number of rotatable bonds is 1. The van der Waals surface area contributed by atoms with Crippen LogP contribution in [0.1, 0.15) is 5.56 Å². The summed E-state index contributed by atoms with van der Waals surface area (Å²) in [7, 11) is 0. The molecule has 4 heteroatoms. The van der Waals surface area contributed by atoms with Gasteiger partial charge in [0.15, 0.2) is 11.9 Å². The van der Waals surface area contributed by atoms with E-state index in [0.717, 1.165) is 10.0 Å². The third kappa shape index (κ3) is 2.58. The fraction of sp³-hybridized carbons (Fsp3) is 0.0667. The van der Waals surface area contributed by atoms with Gasteiger partial charge in [0.1, 0.15) is 0 Å². The summed E-state index contributed by atoms with van der Waals surface area (Å²) in [6.07, 6.45) is 8.84. The minimum atomic E-state index is -0.342. The predicted octanol–water partition coefficient (Wildman–Crippen LogP) is 3.28. The number of ether oxygens (including phenoxy) is 1. The Kier molecular flexibility index (Phi) is 3.17. The van der Waals surface area contributed by atoms with Crippen LogP contribution in [-0.2, 0) is 9.53 Å². The first-order chi connectivity index (χ1) is 9.22. The summed E-state index contributed by atoms with van der Waals surface area (Å²) in [6.45, 7) is 0. The maximum absolute atomic E-state index is 11.9. The third-order valence-corrected chi connectivity index (χ3v) is 3.29. The molecule has 0 saturated carbocycles. The van der Waals surface area contributed by atoms with Crippen LogP contribution in [-0.4, -0.2) is 17.7 Å².